The summed E-state index contributed by atoms with van der Waals surface area (Å²) in [7, 11) is 0. The molecule has 1 atom stereocenters. The highest BCUT2D eigenvalue weighted by Gasteiger charge is 2.16. The van der Waals surface area contributed by atoms with E-state index in [9.17, 15) is 4.79 Å². The lowest BCUT2D eigenvalue weighted by atomic mass is 9.98. The molecule has 100 valence electrons. The van der Waals surface area contributed by atoms with Crippen molar-refractivity contribution in [1.29, 1.82) is 0 Å². The lowest BCUT2D eigenvalue weighted by molar-refractivity contribution is -0.120. The maximum atomic E-state index is 12.2. The average Bonchev–Trinajstić information content (AvgIpc) is 2.36. The molecule has 18 heavy (non-hydrogen) atoms. The van der Waals surface area contributed by atoms with Crippen LogP contribution in [0.25, 0.3) is 0 Å². The van der Waals surface area contributed by atoms with E-state index in [-0.39, 0.29) is 11.8 Å². The molecule has 0 aromatic heterocycles. The second-order valence-electron chi connectivity index (χ2n) is 4.67. The Hall–Kier alpha value is -0.830. The molecule has 0 spiro atoms. The molecule has 0 aliphatic heterocycles. The molecule has 1 aromatic rings. The third-order valence-electron chi connectivity index (χ3n) is 3.22. The predicted molar refractivity (Wildman–Crippen MR) is 80.8 cm³/mol. The van der Waals surface area contributed by atoms with Crippen LogP contribution in [0.3, 0.4) is 0 Å². The van der Waals surface area contributed by atoms with Crippen molar-refractivity contribution in [2.75, 3.05) is 5.32 Å². The number of nitrogens with one attached hydrogen (secondary N) is 1. The summed E-state index contributed by atoms with van der Waals surface area (Å²) in [5, 5.41) is 3.03. The molecule has 1 N–H and O–H groups in total. The van der Waals surface area contributed by atoms with E-state index < -0.39 is 0 Å². The van der Waals surface area contributed by atoms with E-state index in [4.69, 9.17) is 0 Å². The van der Waals surface area contributed by atoms with E-state index in [1.807, 2.05) is 25.1 Å². The molecule has 1 amide bonds. The molecular formula is C15H22BrNO. The third-order valence-corrected chi connectivity index (χ3v) is 4.27. The van der Waals surface area contributed by atoms with Crippen LogP contribution in [-0.4, -0.2) is 5.91 Å². The Balaban J connectivity index is 2.70. The number of benzene rings is 1. The Kier molecular flexibility index (Phi) is 6.41. The topological polar surface area (TPSA) is 29.1 Å². The van der Waals surface area contributed by atoms with Crippen molar-refractivity contribution >= 4 is 27.5 Å². The molecule has 3 heteroatoms. The lowest BCUT2D eigenvalue weighted by Crippen LogP contribution is -2.22. The first-order valence-corrected chi connectivity index (χ1v) is 7.45. The largest absolute Gasteiger partial charge is 0.325 e. The van der Waals surface area contributed by atoms with Gasteiger partial charge in [0, 0.05) is 10.4 Å². The number of anilines is 1. The Morgan fingerprint density at radius 1 is 1.39 bits per heavy atom. The SMILES string of the molecule is CCCCC(CC)C(=O)Nc1cccc(C)c1Br. The van der Waals surface area contributed by atoms with Gasteiger partial charge in [0.1, 0.15) is 0 Å². The van der Waals surface area contributed by atoms with Gasteiger partial charge >= 0.3 is 0 Å². The Morgan fingerprint density at radius 2 is 2.11 bits per heavy atom. The average molecular weight is 312 g/mol. The van der Waals surface area contributed by atoms with Crippen molar-refractivity contribution < 1.29 is 4.79 Å². The number of amides is 1. The lowest BCUT2D eigenvalue weighted by Gasteiger charge is -2.16. The Bertz CT molecular complexity index is 403. The highest BCUT2D eigenvalue weighted by molar-refractivity contribution is 9.10. The van der Waals surface area contributed by atoms with E-state index in [1.54, 1.807) is 0 Å². The monoisotopic (exact) mass is 311 g/mol. The van der Waals surface area contributed by atoms with Gasteiger partial charge in [-0.25, -0.2) is 0 Å². The summed E-state index contributed by atoms with van der Waals surface area (Å²) in [4.78, 5) is 12.2. The predicted octanol–water partition coefficient (Wildman–Crippen LogP) is 4.91. The maximum absolute atomic E-state index is 12.2. The first kappa shape index (κ1) is 15.2. The van der Waals surface area contributed by atoms with Crippen molar-refractivity contribution in [2.24, 2.45) is 5.92 Å². The standard InChI is InChI=1S/C15H22BrNO/c1-4-6-9-12(5-2)15(18)17-13-10-7-8-11(3)14(13)16/h7-8,10,12H,4-6,9H2,1-3H3,(H,17,18). The molecule has 1 rings (SSSR count). The van der Waals surface area contributed by atoms with Crippen LogP contribution in [0.4, 0.5) is 5.69 Å². The molecule has 1 unspecified atom stereocenters. The van der Waals surface area contributed by atoms with E-state index in [0.29, 0.717) is 0 Å². The number of carbonyl (C=O) groups is 1. The van der Waals surface area contributed by atoms with E-state index >= 15 is 0 Å². The summed E-state index contributed by atoms with van der Waals surface area (Å²) < 4.78 is 0.976. The van der Waals surface area contributed by atoms with Crippen molar-refractivity contribution in [3.8, 4) is 0 Å². The Labute approximate surface area is 118 Å². The summed E-state index contributed by atoms with van der Waals surface area (Å²) in [5.74, 6) is 0.259. The zero-order valence-corrected chi connectivity index (χ0v) is 13.0. The summed E-state index contributed by atoms with van der Waals surface area (Å²) in [6.07, 6.45) is 4.12. The highest BCUT2D eigenvalue weighted by Crippen LogP contribution is 2.26. The van der Waals surface area contributed by atoms with Crippen LogP contribution >= 0.6 is 15.9 Å². The highest BCUT2D eigenvalue weighted by atomic mass is 79.9. The van der Waals surface area contributed by atoms with Gasteiger partial charge in [-0.3, -0.25) is 4.79 Å². The minimum Gasteiger partial charge on any atom is -0.325 e. The van der Waals surface area contributed by atoms with Crippen LogP contribution in [0, 0.1) is 12.8 Å². The van der Waals surface area contributed by atoms with Gasteiger partial charge in [0.2, 0.25) is 5.91 Å². The third kappa shape index (κ3) is 4.13. The molecule has 0 fully saturated rings. The number of aryl methyl sites for hydroxylation is 1. The number of unbranched alkanes of at least 4 members (excludes halogenated alkanes) is 1. The van der Waals surface area contributed by atoms with E-state index in [1.165, 1.54) is 0 Å². The molecule has 0 saturated carbocycles. The molecule has 0 saturated heterocycles. The molecule has 0 radical (unpaired) electrons. The van der Waals surface area contributed by atoms with Gasteiger partial charge in [-0.15, -0.1) is 0 Å². The number of rotatable bonds is 6. The number of halogens is 1. The van der Waals surface area contributed by atoms with Crippen molar-refractivity contribution in [3.05, 3.63) is 28.2 Å². The van der Waals surface area contributed by atoms with Crippen LogP contribution in [0.1, 0.15) is 45.1 Å². The Morgan fingerprint density at radius 3 is 2.72 bits per heavy atom. The van der Waals surface area contributed by atoms with Crippen molar-refractivity contribution in [1.82, 2.24) is 0 Å². The zero-order chi connectivity index (χ0) is 13.5. The summed E-state index contributed by atoms with van der Waals surface area (Å²) in [6, 6.07) is 5.92. The first-order valence-electron chi connectivity index (χ1n) is 6.66. The zero-order valence-electron chi connectivity index (χ0n) is 11.4. The smallest absolute Gasteiger partial charge is 0.227 e. The van der Waals surface area contributed by atoms with Crippen LogP contribution in [0.5, 0.6) is 0 Å². The van der Waals surface area contributed by atoms with Gasteiger partial charge in [-0.05, 0) is 47.3 Å². The molecule has 1 aromatic carbocycles. The van der Waals surface area contributed by atoms with Gasteiger partial charge in [0.25, 0.3) is 0 Å². The minimum atomic E-state index is 0.123. The fraction of sp³-hybridized carbons (Fsp3) is 0.533. The van der Waals surface area contributed by atoms with Crippen molar-refractivity contribution in [3.63, 3.8) is 0 Å². The molecule has 0 heterocycles. The molecule has 2 nitrogen and oxygen atoms in total. The molecule has 0 aliphatic rings. The molecular weight excluding hydrogens is 290 g/mol. The second kappa shape index (κ2) is 7.57. The summed E-state index contributed by atoms with van der Waals surface area (Å²) in [6.45, 7) is 6.25. The molecule has 0 aliphatic carbocycles. The van der Waals surface area contributed by atoms with Gasteiger partial charge in [-0.1, -0.05) is 38.8 Å². The van der Waals surface area contributed by atoms with Gasteiger partial charge < -0.3 is 5.32 Å². The maximum Gasteiger partial charge on any atom is 0.227 e. The normalized spacial score (nSPS) is 12.2. The quantitative estimate of drug-likeness (QED) is 0.794. The van der Waals surface area contributed by atoms with Crippen LogP contribution in [0.15, 0.2) is 22.7 Å². The van der Waals surface area contributed by atoms with Gasteiger partial charge in [-0.2, -0.15) is 0 Å². The molecule has 0 bridgehead atoms. The first-order chi connectivity index (χ1) is 8.60. The fourth-order valence-electron chi connectivity index (χ4n) is 1.95. The van der Waals surface area contributed by atoms with Gasteiger partial charge in [0.15, 0.2) is 0 Å². The van der Waals surface area contributed by atoms with Crippen molar-refractivity contribution in [2.45, 2.75) is 46.5 Å². The number of carbonyl (C=O) groups excluding carboxylic acids is 1. The second-order valence-corrected chi connectivity index (χ2v) is 5.47. The van der Waals surface area contributed by atoms with E-state index in [0.717, 1.165) is 41.4 Å². The summed E-state index contributed by atoms with van der Waals surface area (Å²) in [5.41, 5.74) is 2.00. The fourth-order valence-corrected chi connectivity index (χ4v) is 2.31. The van der Waals surface area contributed by atoms with Crippen LogP contribution in [0.2, 0.25) is 0 Å². The van der Waals surface area contributed by atoms with E-state index in [2.05, 4.69) is 35.1 Å². The number of hydrogen-bond acceptors (Lipinski definition) is 1. The number of hydrogen-bond donors (Lipinski definition) is 1. The summed E-state index contributed by atoms with van der Waals surface area (Å²) >= 11 is 3.52. The van der Waals surface area contributed by atoms with Gasteiger partial charge in [0.05, 0.1) is 5.69 Å². The minimum absolute atomic E-state index is 0.123. The van der Waals surface area contributed by atoms with Crippen LogP contribution in [-0.2, 0) is 4.79 Å². The van der Waals surface area contributed by atoms with Crippen LogP contribution < -0.4 is 5.32 Å².